The van der Waals surface area contributed by atoms with Crippen LogP contribution in [0.15, 0.2) is 35.5 Å². The second kappa shape index (κ2) is 28.9. The highest BCUT2D eigenvalue weighted by Crippen LogP contribution is 2.41. The molecule has 0 aliphatic carbocycles. The van der Waals surface area contributed by atoms with E-state index in [1.807, 2.05) is 44.2 Å². The zero-order valence-corrected chi connectivity index (χ0v) is 49.1. The molecule has 1 aromatic rings. The number of carbonyl (C=O) groups excluding carboxylic acids is 4. The highest BCUT2D eigenvalue weighted by atomic mass is 16.7. The van der Waals surface area contributed by atoms with Crippen molar-refractivity contribution in [3.63, 3.8) is 0 Å². The Hall–Kier alpha value is -3.91. The fourth-order valence-electron chi connectivity index (χ4n) is 11.7. The van der Waals surface area contributed by atoms with Crippen molar-refractivity contribution >= 4 is 29.5 Å². The summed E-state index contributed by atoms with van der Waals surface area (Å²) >= 11 is 0. The van der Waals surface area contributed by atoms with Crippen molar-refractivity contribution in [2.45, 2.75) is 226 Å². The van der Waals surface area contributed by atoms with Crippen molar-refractivity contribution in [3.05, 3.63) is 35.9 Å². The number of methoxy groups -OCH3 is 2. The first-order valence-corrected chi connectivity index (χ1v) is 27.8. The van der Waals surface area contributed by atoms with Crippen LogP contribution in [0.1, 0.15) is 121 Å². The van der Waals surface area contributed by atoms with E-state index in [9.17, 15) is 30.0 Å². The van der Waals surface area contributed by atoms with Crippen LogP contribution in [0.4, 0.5) is 4.79 Å². The topological polar surface area (TPSA) is 284 Å². The van der Waals surface area contributed by atoms with Gasteiger partial charge in [-0.1, -0.05) is 84.0 Å². The maximum atomic E-state index is 15.8. The van der Waals surface area contributed by atoms with Gasteiger partial charge >= 0.3 is 18.0 Å². The molecule has 4 fully saturated rings. The quantitative estimate of drug-likeness (QED) is 0.0779. The number of esters is 2. The molecule has 0 aromatic heterocycles. The van der Waals surface area contributed by atoms with Gasteiger partial charge in [0.1, 0.15) is 49.8 Å². The van der Waals surface area contributed by atoms with Crippen LogP contribution in [0.5, 0.6) is 0 Å². The van der Waals surface area contributed by atoms with Gasteiger partial charge in [0.25, 0.3) is 0 Å². The molecule has 22 heteroatoms. The first-order chi connectivity index (χ1) is 37.1. The number of carbonyl (C=O) groups is 4. The number of nitrogens with one attached hydrogen (secondary N) is 1. The number of alkyl carbamates (subject to hydrolysis) is 1. The minimum absolute atomic E-state index is 0.0225. The summed E-state index contributed by atoms with van der Waals surface area (Å²) in [6.07, 6.45) is -17.4. The van der Waals surface area contributed by atoms with Crippen LogP contribution >= 0.6 is 0 Å². The van der Waals surface area contributed by atoms with Crippen molar-refractivity contribution < 1.29 is 96.5 Å². The highest BCUT2D eigenvalue weighted by molar-refractivity contribution is 5.91. The first-order valence-electron chi connectivity index (χ1n) is 27.8. The maximum absolute atomic E-state index is 15.8. The summed E-state index contributed by atoms with van der Waals surface area (Å²) in [6, 6.07) is 9.12. The number of aliphatic hydroxyl groups is 4. The highest BCUT2D eigenvalue weighted by Gasteiger charge is 2.53. The van der Waals surface area contributed by atoms with Gasteiger partial charge in [-0.05, 0) is 65.4 Å². The van der Waals surface area contributed by atoms with E-state index in [4.69, 9.17) is 56.9 Å². The number of benzene rings is 1. The molecule has 1 aromatic carbocycles. The van der Waals surface area contributed by atoms with Crippen molar-refractivity contribution in [3.8, 4) is 0 Å². The Labute approximate surface area is 466 Å². The number of amides is 1. The third-order valence-corrected chi connectivity index (χ3v) is 16.0. The minimum atomic E-state index is -2.01. The van der Waals surface area contributed by atoms with Crippen LogP contribution in [0.25, 0.3) is 0 Å². The fourth-order valence-corrected chi connectivity index (χ4v) is 11.7. The van der Waals surface area contributed by atoms with Crippen molar-refractivity contribution in [2.75, 3.05) is 27.9 Å². The van der Waals surface area contributed by atoms with Gasteiger partial charge in [-0.15, -0.1) is 0 Å². The number of ketones is 1. The lowest BCUT2D eigenvalue weighted by atomic mass is 9.74. The lowest BCUT2D eigenvalue weighted by Gasteiger charge is -2.46. The van der Waals surface area contributed by atoms with Gasteiger partial charge in [-0.25, -0.2) is 4.79 Å². The molecule has 4 unspecified atom stereocenters. The van der Waals surface area contributed by atoms with Gasteiger partial charge in [0.05, 0.1) is 60.3 Å². The molecule has 4 aliphatic rings. The molecule has 5 N–H and O–H groups in total. The molecule has 0 radical (unpaired) electrons. The van der Waals surface area contributed by atoms with Gasteiger partial charge in [-0.3, -0.25) is 14.4 Å². The Kier molecular flexibility index (Phi) is 24.1. The van der Waals surface area contributed by atoms with Gasteiger partial charge in [-0.2, -0.15) is 0 Å². The van der Waals surface area contributed by atoms with E-state index in [2.05, 4.69) is 10.5 Å². The molecule has 450 valence electrons. The zero-order valence-electron chi connectivity index (χ0n) is 49.1. The maximum Gasteiger partial charge on any atom is 0.408 e. The second-order valence-corrected chi connectivity index (χ2v) is 23.4. The summed E-state index contributed by atoms with van der Waals surface area (Å²) in [6.45, 7) is 21.7. The number of nitrogens with zero attached hydrogens (tertiary/aromatic N) is 1. The summed E-state index contributed by atoms with van der Waals surface area (Å²) in [7, 11) is 4.21. The molecule has 0 spiro atoms. The monoisotopic (exact) mass is 1120 g/mol. The number of hydrogen-bond donors (Lipinski definition) is 5. The molecular formula is C57H92N2O20. The van der Waals surface area contributed by atoms with Crippen LogP contribution in [-0.2, 0) is 77.9 Å². The van der Waals surface area contributed by atoms with Gasteiger partial charge in [0.2, 0.25) is 0 Å². The fraction of sp³-hybridized carbons (Fsp3) is 0.807. The normalized spacial score (nSPS) is 40.9. The number of rotatable bonds is 17. The predicted molar refractivity (Wildman–Crippen MR) is 285 cm³/mol. The summed E-state index contributed by atoms with van der Waals surface area (Å²) in [4.78, 5) is 64.3. The third-order valence-electron chi connectivity index (χ3n) is 16.0. The Balaban J connectivity index is 1.70. The summed E-state index contributed by atoms with van der Waals surface area (Å²) in [5.41, 5.74) is -2.70. The number of cyclic esters (lactones) is 1. The third kappa shape index (κ3) is 16.6. The number of hydrogen-bond acceptors (Lipinski definition) is 21. The average Bonchev–Trinajstić information content (AvgIpc) is 3.42. The molecule has 0 saturated carbocycles. The Morgan fingerprint density at radius 1 is 0.785 bits per heavy atom. The average molecular weight is 1130 g/mol. The van der Waals surface area contributed by atoms with E-state index in [1.165, 1.54) is 35.2 Å². The van der Waals surface area contributed by atoms with E-state index >= 15 is 9.59 Å². The molecule has 1 amide bonds. The molecule has 5 rings (SSSR count). The number of Topliss-reactive ketones (excluding diaryl/α,β-unsaturated/α-hetero) is 1. The molecular weight excluding hydrogens is 1030 g/mol. The smallest absolute Gasteiger partial charge is 0.408 e. The van der Waals surface area contributed by atoms with E-state index in [1.54, 1.807) is 62.3 Å². The largest absolute Gasteiger partial charge is 0.461 e. The second-order valence-electron chi connectivity index (χ2n) is 23.4. The summed E-state index contributed by atoms with van der Waals surface area (Å²) in [5.74, 6) is -8.11. The Morgan fingerprint density at radius 3 is 2.05 bits per heavy atom. The lowest BCUT2D eigenvalue weighted by molar-refractivity contribution is -0.305. The van der Waals surface area contributed by atoms with E-state index < -0.39 is 163 Å². The Morgan fingerprint density at radius 2 is 1.44 bits per heavy atom. The van der Waals surface area contributed by atoms with Gasteiger partial charge in [0.15, 0.2) is 30.3 Å². The molecule has 4 aliphatic heterocycles. The molecule has 0 bridgehead atoms. The van der Waals surface area contributed by atoms with Crippen LogP contribution < -0.4 is 5.32 Å². The van der Waals surface area contributed by atoms with Crippen molar-refractivity contribution in [1.82, 2.24) is 5.32 Å². The van der Waals surface area contributed by atoms with E-state index in [-0.39, 0.29) is 50.5 Å². The summed E-state index contributed by atoms with van der Waals surface area (Å²) < 4.78 is 69.3. The molecule has 23 atom stereocenters. The SMILES string of the molecule is CON=C1CC(C)O[C@@H](O[C@@H]2[C@@H](C)[C@H](O[C@H]3C[C@@](C)(O)C(O)[C@H](C)O3)[C@@H](C)C(=O)O[C@H](C(C)COC3O[C@H](C)[C@@H](O)[C@@H](OC)[C@H]3OC)[C@H](C)[C@@H](OC(=O)CC(C)C)[C@@H](C)C(=O)[C@@](C)(OC(=O)NCc3ccccc3)C[C@@H]2C)[C@@H]1O. The van der Waals surface area contributed by atoms with Crippen LogP contribution in [0.2, 0.25) is 0 Å². The van der Waals surface area contributed by atoms with Crippen molar-refractivity contribution in [2.24, 2.45) is 46.6 Å². The molecule has 4 heterocycles. The van der Waals surface area contributed by atoms with Gasteiger partial charge < -0.3 is 82.7 Å². The van der Waals surface area contributed by atoms with E-state index in [0.717, 1.165) is 5.56 Å². The number of ether oxygens (including phenoxy) is 11. The van der Waals surface area contributed by atoms with Gasteiger partial charge in [0, 0.05) is 57.8 Å². The molecule has 22 nitrogen and oxygen atoms in total. The molecule has 79 heavy (non-hydrogen) atoms. The minimum Gasteiger partial charge on any atom is -0.461 e. The van der Waals surface area contributed by atoms with Crippen LogP contribution in [0, 0.1) is 41.4 Å². The standard InChI is InChI=1S/C57H92N2O20/c1-28(2)22-40(60)75-46-33(7)45(30(4)27-71-54-49(69-15)48(68-14)42(61)36(10)74-54)77-52(65)35(9)47(76-41-25-56(12,67)51(64)37(11)73-41)32(6)44(78-53-43(62)39(59-70-16)23-31(5)72-53)29(3)24-57(13,50(63)34(46)8)79-55(66)58-26-38-20-18-17-19-21-38/h17-21,28-37,41-49,51,53-54,61-62,64,67H,22-27H2,1-16H3,(H,58,66)/t29-,30?,31?,32+,33-,34+,35+,36+,37-,41-,42+,43+,44-,45+,46+,47-,48+,49+,51?,53-,54?,56+,57-/m0/s1. The summed E-state index contributed by atoms with van der Waals surface area (Å²) in [5, 5.41) is 51.9. The predicted octanol–water partition coefficient (Wildman–Crippen LogP) is 5.00. The Bertz CT molecular complexity index is 2150. The van der Waals surface area contributed by atoms with Crippen molar-refractivity contribution in [1.29, 1.82) is 0 Å². The van der Waals surface area contributed by atoms with Crippen LogP contribution in [0.3, 0.4) is 0 Å². The van der Waals surface area contributed by atoms with Crippen LogP contribution in [-0.4, -0.2) is 181 Å². The lowest BCUT2D eigenvalue weighted by Crippen LogP contribution is -2.59. The number of aliphatic hydroxyl groups excluding tert-OH is 3. The first kappa shape index (κ1) is 65.9. The zero-order chi connectivity index (χ0) is 58.8. The van der Waals surface area contributed by atoms with E-state index in [0.29, 0.717) is 0 Å². The number of oxime groups is 1. The molecule has 4 saturated heterocycles.